The van der Waals surface area contributed by atoms with Gasteiger partial charge in [0.2, 0.25) is 5.91 Å². The van der Waals surface area contributed by atoms with E-state index in [9.17, 15) is 14.4 Å². The molecule has 1 N–H and O–H groups in total. The Hall–Kier alpha value is -3.46. The Balaban J connectivity index is 1.49. The summed E-state index contributed by atoms with van der Waals surface area (Å²) in [7, 11) is 3.02. The van der Waals surface area contributed by atoms with Gasteiger partial charge < -0.3 is 24.1 Å². The van der Waals surface area contributed by atoms with Crippen molar-refractivity contribution in [2.24, 2.45) is 0 Å². The molecular formula is C24H22N2O6S. The van der Waals surface area contributed by atoms with Gasteiger partial charge in [-0.15, -0.1) is 11.8 Å². The summed E-state index contributed by atoms with van der Waals surface area (Å²) in [6.45, 7) is 3.92. The first-order chi connectivity index (χ1) is 15.7. The number of nitrogens with zero attached hydrogens (tertiary/aromatic N) is 1. The molecule has 170 valence electrons. The van der Waals surface area contributed by atoms with E-state index in [2.05, 4.69) is 5.32 Å². The van der Waals surface area contributed by atoms with Crippen LogP contribution in [0.5, 0.6) is 11.5 Å². The number of benzene rings is 2. The summed E-state index contributed by atoms with van der Waals surface area (Å²) in [5.74, 6) is 0.296. The second-order valence-electron chi connectivity index (χ2n) is 8.45. The molecule has 9 heteroatoms. The van der Waals surface area contributed by atoms with Crippen molar-refractivity contribution >= 4 is 40.2 Å². The topological polar surface area (TPSA) is 98.1 Å². The number of fused-ring (bicyclic) bond motifs is 4. The van der Waals surface area contributed by atoms with Gasteiger partial charge in [-0.1, -0.05) is 6.07 Å². The molecule has 3 heterocycles. The standard InChI is InChI=1S/C24H22N2O6S/c1-24(2)20(21(28)25-13-6-8-15-12(11-13)5-10-17(27)32-15)26-22(29)18-14(23(26)33-24)7-9-16(30-3)19(18)31-4/h5-11,20,23H,1-4H3,(H,25,28)/t20-,23?/m1/s1. The third-order valence-corrected chi connectivity index (χ3v) is 7.57. The molecule has 2 aliphatic rings. The minimum absolute atomic E-state index is 0.260. The third kappa shape index (κ3) is 3.26. The predicted octanol–water partition coefficient (Wildman–Crippen LogP) is 3.80. The highest BCUT2D eigenvalue weighted by atomic mass is 32.2. The van der Waals surface area contributed by atoms with Gasteiger partial charge in [0.1, 0.15) is 17.0 Å². The highest BCUT2D eigenvalue weighted by Gasteiger charge is 2.58. The van der Waals surface area contributed by atoms with E-state index in [0.29, 0.717) is 33.7 Å². The van der Waals surface area contributed by atoms with Gasteiger partial charge in [-0.2, -0.15) is 0 Å². The number of ether oxygens (including phenoxy) is 2. The fourth-order valence-corrected chi connectivity index (χ4v) is 6.20. The molecule has 0 radical (unpaired) electrons. The lowest BCUT2D eigenvalue weighted by Crippen LogP contribution is -2.50. The zero-order chi connectivity index (χ0) is 23.5. The number of nitrogens with one attached hydrogen (secondary N) is 1. The van der Waals surface area contributed by atoms with Gasteiger partial charge in [0.05, 0.1) is 19.8 Å². The van der Waals surface area contributed by atoms with Crippen LogP contribution in [-0.2, 0) is 4.79 Å². The zero-order valence-electron chi connectivity index (χ0n) is 18.5. The fourth-order valence-electron chi connectivity index (χ4n) is 4.62. The van der Waals surface area contributed by atoms with E-state index in [1.165, 1.54) is 20.3 Å². The highest BCUT2D eigenvalue weighted by molar-refractivity contribution is 8.01. The van der Waals surface area contributed by atoms with Crippen LogP contribution in [0.2, 0.25) is 0 Å². The second-order valence-corrected chi connectivity index (χ2v) is 10.2. The van der Waals surface area contributed by atoms with E-state index >= 15 is 0 Å². The molecular weight excluding hydrogens is 444 g/mol. The predicted molar refractivity (Wildman–Crippen MR) is 125 cm³/mol. The summed E-state index contributed by atoms with van der Waals surface area (Å²) in [6.07, 6.45) is 0. The first kappa shape index (κ1) is 21.4. The molecule has 0 bridgehead atoms. The van der Waals surface area contributed by atoms with E-state index < -0.39 is 16.4 Å². The van der Waals surface area contributed by atoms with Crippen molar-refractivity contribution < 1.29 is 23.5 Å². The molecule has 1 aromatic heterocycles. The molecule has 3 aromatic rings. The molecule has 2 aromatic carbocycles. The number of carbonyl (C=O) groups is 2. The minimum atomic E-state index is -0.715. The number of amides is 2. The third-order valence-electron chi connectivity index (χ3n) is 6.03. The number of thioether (sulfide) groups is 1. The Morgan fingerprint density at radius 3 is 2.61 bits per heavy atom. The molecule has 1 saturated heterocycles. The molecule has 8 nitrogen and oxygen atoms in total. The Morgan fingerprint density at radius 2 is 1.88 bits per heavy atom. The summed E-state index contributed by atoms with van der Waals surface area (Å²) in [5, 5.41) is 3.32. The lowest BCUT2D eigenvalue weighted by molar-refractivity contribution is -0.121. The molecule has 1 fully saturated rings. The van der Waals surface area contributed by atoms with Gasteiger partial charge in [-0.3, -0.25) is 9.59 Å². The number of hydrogen-bond donors (Lipinski definition) is 1. The minimum Gasteiger partial charge on any atom is -0.493 e. The zero-order valence-corrected chi connectivity index (χ0v) is 19.3. The summed E-state index contributed by atoms with van der Waals surface area (Å²) in [5.41, 5.74) is 1.79. The van der Waals surface area contributed by atoms with Gasteiger partial charge >= 0.3 is 5.63 Å². The SMILES string of the molecule is COc1ccc2c(c1OC)C(=O)N1C2SC(C)(C)[C@H]1C(=O)Nc1ccc2oc(=O)ccc2c1. The molecule has 0 spiro atoms. The van der Waals surface area contributed by atoms with Gasteiger partial charge in [0, 0.05) is 27.5 Å². The monoisotopic (exact) mass is 466 g/mol. The quantitative estimate of drug-likeness (QED) is 0.584. The fraction of sp³-hybridized carbons (Fsp3) is 0.292. The molecule has 2 aliphatic heterocycles. The molecule has 0 aliphatic carbocycles. The van der Waals surface area contributed by atoms with E-state index in [-0.39, 0.29) is 17.2 Å². The molecule has 5 rings (SSSR count). The molecule has 2 atom stereocenters. The Morgan fingerprint density at radius 1 is 1.09 bits per heavy atom. The van der Waals surface area contributed by atoms with Crippen molar-refractivity contribution in [1.29, 1.82) is 0 Å². The van der Waals surface area contributed by atoms with Crippen molar-refractivity contribution in [2.75, 3.05) is 19.5 Å². The van der Waals surface area contributed by atoms with Crippen LogP contribution < -0.4 is 20.4 Å². The van der Waals surface area contributed by atoms with E-state index in [4.69, 9.17) is 13.9 Å². The van der Waals surface area contributed by atoms with E-state index in [0.717, 1.165) is 5.56 Å². The van der Waals surface area contributed by atoms with Gasteiger partial charge in [0.25, 0.3) is 5.91 Å². The maximum atomic E-state index is 13.5. The number of methoxy groups -OCH3 is 2. The molecule has 0 saturated carbocycles. The Bertz CT molecular complexity index is 1360. The number of carbonyl (C=O) groups excluding carboxylic acids is 2. The van der Waals surface area contributed by atoms with Crippen LogP contribution >= 0.6 is 11.8 Å². The van der Waals surface area contributed by atoms with Crippen LogP contribution in [0.4, 0.5) is 5.69 Å². The maximum absolute atomic E-state index is 13.5. The lowest BCUT2D eigenvalue weighted by Gasteiger charge is -2.29. The van der Waals surface area contributed by atoms with Crippen LogP contribution in [0.25, 0.3) is 11.0 Å². The van der Waals surface area contributed by atoms with Crippen LogP contribution in [0.1, 0.15) is 35.1 Å². The smallest absolute Gasteiger partial charge is 0.336 e. The first-order valence-corrected chi connectivity index (χ1v) is 11.2. The summed E-state index contributed by atoms with van der Waals surface area (Å²) >= 11 is 1.57. The van der Waals surface area contributed by atoms with Crippen molar-refractivity contribution in [3.63, 3.8) is 0 Å². The highest BCUT2D eigenvalue weighted by Crippen LogP contribution is 2.58. The van der Waals surface area contributed by atoms with Crippen molar-refractivity contribution in [3.05, 3.63) is 64.0 Å². The van der Waals surface area contributed by atoms with Gasteiger partial charge in [-0.25, -0.2) is 4.79 Å². The summed E-state index contributed by atoms with van der Waals surface area (Å²) in [6, 6.07) is 10.9. The average molecular weight is 467 g/mol. The molecule has 33 heavy (non-hydrogen) atoms. The van der Waals surface area contributed by atoms with E-state index in [1.54, 1.807) is 47.0 Å². The largest absolute Gasteiger partial charge is 0.493 e. The number of anilines is 1. The van der Waals surface area contributed by atoms with Crippen molar-refractivity contribution in [2.45, 2.75) is 30.0 Å². The average Bonchev–Trinajstić information content (AvgIpc) is 3.21. The molecule has 1 unspecified atom stereocenters. The summed E-state index contributed by atoms with van der Waals surface area (Å²) < 4.78 is 15.5. The summed E-state index contributed by atoms with van der Waals surface area (Å²) in [4.78, 5) is 40.1. The normalized spacial score (nSPS) is 20.5. The van der Waals surface area contributed by atoms with Gasteiger partial charge in [0.15, 0.2) is 11.5 Å². The Kier molecular flexibility index (Phi) is 4.89. The van der Waals surface area contributed by atoms with Crippen LogP contribution in [-0.4, -0.2) is 41.7 Å². The lowest BCUT2D eigenvalue weighted by atomic mass is 10.0. The second kappa shape index (κ2) is 7.55. The van der Waals surface area contributed by atoms with Crippen molar-refractivity contribution in [1.82, 2.24) is 4.90 Å². The van der Waals surface area contributed by atoms with Crippen LogP contribution in [0.15, 0.2) is 51.7 Å². The maximum Gasteiger partial charge on any atom is 0.336 e. The number of hydrogen-bond acceptors (Lipinski definition) is 7. The van der Waals surface area contributed by atoms with Crippen LogP contribution in [0, 0.1) is 0 Å². The molecule has 2 amide bonds. The van der Waals surface area contributed by atoms with Crippen molar-refractivity contribution in [3.8, 4) is 11.5 Å². The first-order valence-electron chi connectivity index (χ1n) is 10.4. The van der Waals surface area contributed by atoms with Gasteiger partial charge in [-0.05, 0) is 44.2 Å². The van der Waals surface area contributed by atoms with Crippen LogP contribution in [0.3, 0.4) is 0 Å². The van der Waals surface area contributed by atoms with E-state index in [1.807, 2.05) is 19.9 Å². The Labute approximate surface area is 193 Å². The number of rotatable bonds is 4.